The first-order valence-electron chi connectivity index (χ1n) is 9.41. The molecule has 2 amide bonds. The quantitative estimate of drug-likeness (QED) is 0.833. The van der Waals surface area contributed by atoms with E-state index in [1.165, 1.54) is 0 Å². The Labute approximate surface area is 159 Å². The molecule has 0 unspecified atom stereocenters. The molecule has 1 spiro atoms. The smallest absolute Gasteiger partial charge is 0.257 e. The summed E-state index contributed by atoms with van der Waals surface area (Å²) in [4.78, 5) is 33.6. The number of likely N-dealkylation sites (tertiary alicyclic amines) is 1. The molecule has 2 fully saturated rings. The summed E-state index contributed by atoms with van der Waals surface area (Å²) < 4.78 is 5.50. The Kier molecular flexibility index (Phi) is 4.29. The minimum absolute atomic E-state index is 0.0104. The first-order valence-corrected chi connectivity index (χ1v) is 9.41. The van der Waals surface area contributed by atoms with E-state index in [0.29, 0.717) is 31.0 Å². The van der Waals surface area contributed by atoms with Gasteiger partial charge in [-0.2, -0.15) is 0 Å². The fraction of sp³-hybridized carbons (Fsp3) is 0.476. The highest BCUT2D eigenvalue weighted by Crippen LogP contribution is 2.59. The third-order valence-corrected chi connectivity index (χ3v) is 5.93. The lowest BCUT2D eigenvalue weighted by atomic mass is 10.0. The van der Waals surface area contributed by atoms with Crippen molar-refractivity contribution < 1.29 is 14.0 Å². The predicted octanol–water partition coefficient (Wildman–Crippen LogP) is 2.80. The van der Waals surface area contributed by atoms with E-state index < -0.39 is 0 Å². The van der Waals surface area contributed by atoms with Crippen molar-refractivity contribution in [3.05, 3.63) is 53.2 Å². The van der Waals surface area contributed by atoms with Crippen LogP contribution in [-0.4, -0.2) is 46.7 Å². The molecule has 1 saturated heterocycles. The van der Waals surface area contributed by atoms with Gasteiger partial charge in [-0.15, -0.1) is 0 Å². The Bertz CT molecular complexity index is 876. The highest BCUT2D eigenvalue weighted by Gasteiger charge is 2.62. The maximum atomic E-state index is 12.9. The van der Waals surface area contributed by atoms with Crippen LogP contribution in [0.3, 0.4) is 0 Å². The minimum Gasteiger partial charge on any atom is -0.466 e. The Balaban J connectivity index is 1.38. The van der Waals surface area contributed by atoms with E-state index in [0.717, 1.165) is 24.3 Å². The Morgan fingerprint density at radius 2 is 2.19 bits per heavy atom. The van der Waals surface area contributed by atoms with Crippen LogP contribution in [0.5, 0.6) is 0 Å². The second-order valence-corrected chi connectivity index (χ2v) is 7.94. The van der Waals surface area contributed by atoms with Gasteiger partial charge in [-0.05, 0) is 44.9 Å². The molecule has 27 heavy (non-hydrogen) atoms. The van der Waals surface area contributed by atoms with Crippen molar-refractivity contribution in [3.63, 3.8) is 0 Å². The van der Waals surface area contributed by atoms with E-state index in [1.54, 1.807) is 17.2 Å². The number of carbonyl (C=O) groups excluding carboxylic acids is 2. The van der Waals surface area contributed by atoms with Gasteiger partial charge in [-0.25, -0.2) is 0 Å². The number of hydrogen-bond donors (Lipinski definition) is 0. The van der Waals surface area contributed by atoms with Gasteiger partial charge in [0.05, 0.1) is 17.8 Å². The van der Waals surface area contributed by atoms with Gasteiger partial charge in [-0.1, -0.05) is 6.07 Å². The number of carbonyl (C=O) groups is 2. The molecule has 2 aromatic heterocycles. The zero-order valence-corrected chi connectivity index (χ0v) is 16.1. The number of aromatic nitrogens is 1. The Morgan fingerprint density at radius 3 is 2.85 bits per heavy atom. The van der Waals surface area contributed by atoms with E-state index in [2.05, 4.69) is 4.98 Å². The van der Waals surface area contributed by atoms with E-state index in [4.69, 9.17) is 4.42 Å². The van der Waals surface area contributed by atoms with Crippen LogP contribution in [0.4, 0.5) is 0 Å². The number of pyridine rings is 1. The summed E-state index contributed by atoms with van der Waals surface area (Å²) in [6.45, 7) is 5.55. The standard InChI is InChI=1S/C21H25N3O3/c1-14-10-17(15(2)27-14)19(25)24-9-7-21(13-24)11-18(21)20(26)23(3)12-16-6-4-5-8-22-16/h4-6,8,10,18H,7,9,11-13H2,1-3H3/t18-,21-/m0/s1. The van der Waals surface area contributed by atoms with Crippen molar-refractivity contribution >= 4 is 11.8 Å². The van der Waals surface area contributed by atoms with Crippen LogP contribution in [0.15, 0.2) is 34.9 Å². The van der Waals surface area contributed by atoms with E-state index in [-0.39, 0.29) is 23.1 Å². The van der Waals surface area contributed by atoms with Gasteiger partial charge >= 0.3 is 0 Å². The molecule has 6 nitrogen and oxygen atoms in total. The number of amides is 2. The van der Waals surface area contributed by atoms with Gasteiger partial charge in [0.2, 0.25) is 5.91 Å². The molecule has 0 N–H and O–H groups in total. The van der Waals surface area contributed by atoms with Crippen LogP contribution < -0.4 is 0 Å². The molecule has 1 saturated carbocycles. The van der Waals surface area contributed by atoms with Crippen LogP contribution >= 0.6 is 0 Å². The summed E-state index contributed by atoms with van der Waals surface area (Å²) in [5.74, 6) is 1.60. The molecule has 1 aliphatic carbocycles. The van der Waals surface area contributed by atoms with Crippen molar-refractivity contribution in [2.75, 3.05) is 20.1 Å². The maximum absolute atomic E-state index is 12.9. The predicted molar refractivity (Wildman–Crippen MR) is 100.0 cm³/mol. The normalized spacial score (nSPS) is 23.7. The molecule has 2 aromatic rings. The van der Waals surface area contributed by atoms with Crippen LogP contribution in [0.25, 0.3) is 0 Å². The number of furan rings is 1. The molecule has 2 atom stereocenters. The average molecular weight is 367 g/mol. The topological polar surface area (TPSA) is 66.7 Å². The van der Waals surface area contributed by atoms with Gasteiger partial charge in [-0.3, -0.25) is 14.6 Å². The second-order valence-electron chi connectivity index (χ2n) is 7.94. The number of nitrogens with zero attached hydrogens (tertiary/aromatic N) is 3. The van der Waals surface area contributed by atoms with Crippen LogP contribution in [0.1, 0.15) is 40.4 Å². The minimum atomic E-state index is -0.0438. The zero-order chi connectivity index (χ0) is 19.2. The molecule has 4 rings (SSSR count). The van der Waals surface area contributed by atoms with Crippen molar-refractivity contribution in [2.45, 2.75) is 33.2 Å². The number of hydrogen-bond acceptors (Lipinski definition) is 4. The van der Waals surface area contributed by atoms with Gasteiger partial charge < -0.3 is 14.2 Å². The fourth-order valence-corrected chi connectivity index (χ4v) is 4.31. The van der Waals surface area contributed by atoms with Crippen molar-refractivity contribution in [3.8, 4) is 0 Å². The largest absolute Gasteiger partial charge is 0.466 e. The third kappa shape index (κ3) is 3.24. The summed E-state index contributed by atoms with van der Waals surface area (Å²) in [7, 11) is 1.83. The monoisotopic (exact) mass is 367 g/mol. The van der Waals surface area contributed by atoms with Crippen LogP contribution in [0, 0.1) is 25.2 Å². The van der Waals surface area contributed by atoms with E-state index in [1.807, 2.05) is 44.0 Å². The molecule has 1 aliphatic heterocycles. The highest BCUT2D eigenvalue weighted by molar-refractivity contribution is 5.95. The number of rotatable bonds is 4. The fourth-order valence-electron chi connectivity index (χ4n) is 4.31. The van der Waals surface area contributed by atoms with Crippen molar-refractivity contribution in [1.29, 1.82) is 0 Å². The molecular formula is C21H25N3O3. The number of aryl methyl sites for hydroxylation is 2. The van der Waals surface area contributed by atoms with Gasteiger partial charge in [0.15, 0.2) is 0 Å². The van der Waals surface area contributed by atoms with E-state index >= 15 is 0 Å². The first-order chi connectivity index (χ1) is 12.9. The zero-order valence-electron chi connectivity index (χ0n) is 16.1. The lowest BCUT2D eigenvalue weighted by Crippen LogP contribution is -2.32. The molecule has 3 heterocycles. The summed E-state index contributed by atoms with van der Waals surface area (Å²) in [6, 6.07) is 7.53. The second kappa shape index (κ2) is 6.51. The molecule has 0 radical (unpaired) electrons. The molecule has 0 bridgehead atoms. The van der Waals surface area contributed by atoms with Crippen molar-refractivity contribution in [2.24, 2.45) is 11.3 Å². The molecule has 0 aromatic carbocycles. The van der Waals surface area contributed by atoms with Crippen LogP contribution in [-0.2, 0) is 11.3 Å². The summed E-state index contributed by atoms with van der Waals surface area (Å²) in [5.41, 5.74) is 1.48. The SMILES string of the molecule is Cc1cc(C(=O)N2CC[C@]3(C[C@H]3C(=O)N(C)Cc3ccccn3)C2)c(C)o1. The molecule has 142 valence electrons. The maximum Gasteiger partial charge on any atom is 0.257 e. The van der Waals surface area contributed by atoms with Gasteiger partial charge in [0, 0.05) is 37.7 Å². The summed E-state index contributed by atoms with van der Waals surface area (Å²) >= 11 is 0. The van der Waals surface area contributed by atoms with Crippen LogP contribution in [0.2, 0.25) is 0 Å². The molecule has 2 aliphatic rings. The lowest BCUT2D eigenvalue weighted by molar-refractivity contribution is -0.132. The van der Waals surface area contributed by atoms with E-state index in [9.17, 15) is 9.59 Å². The third-order valence-electron chi connectivity index (χ3n) is 5.93. The summed E-state index contributed by atoms with van der Waals surface area (Å²) in [6.07, 6.45) is 3.50. The Hall–Kier alpha value is -2.63. The average Bonchev–Trinajstić information content (AvgIpc) is 2.99. The van der Waals surface area contributed by atoms with Crippen molar-refractivity contribution in [1.82, 2.24) is 14.8 Å². The molecule has 6 heteroatoms. The molecular weight excluding hydrogens is 342 g/mol. The van der Waals surface area contributed by atoms with Gasteiger partial charge in [0.1, 0.15) is 11.5 Å². The Morgan fingerprint density at radius 1 is 1.37 bits per heavy atom. The highest BCUT2D eigenvalue weighted by atomic mass is 16.3. The lowest BCUT2D eigenvalue weighted by Gasteiger charge is -2.19. The first kappa shape index (κ1) is 17.8. The van der Waals surface area contributed by atoms with Gasteiger partial charge in [0.25, 0.3) is 5.91 Å². The summed E-state index contributed by atoms with van der Waals surface area (Å²) in [5, 5.41) is 0.